The highest BCUT2D eigenvalue weighted by molar-refractivity contribution is 7.99. The molecule has 2 rings (SSSR count). The minimum atomic E-state index is -0.499. The van der Waals surface area contributed by atoms with Gasteiger partial charge < -0.3 is 0 Å². The van der Waals surface area contributed by atoms with Crippen molar-refractivity contribution in [2.24, 2.45) is 12.1 Å². The van der Waals surface area contributed by atoms with E-state index in [0.717, 1.165) is 0 Å². The van der Waals surface area contributed by atoms with Crippen LogP contribution in [-0.2, 0) is 11.8 Å². The number of amides is 1. The van der Waals surface area contributed by atoms with Gasteiger partial charge in [0.15, 0.2) is 0 Å². The number of carbonyl (C=O) groups excluding carboxylic acids is 1. The molecule has 10 nitrogen and oxygen atoms in total. The van der Waals surface area contributed by atoms with Crippen LogP contribution in [0.3, 0.4) is 0 Å². The summed E-state index contributed by atoms with van der Waals surface area (Å²) in [7, 11) is 1.67. The number of aromatic nitrogens is 4. The molecule has 0 fully saturated rings. The van der Waals surface area contributed by atoms with E-state index in [2.05, 4.69) is 26.1 Å². The fraction of sp³-hybridized carbons (Fsp3) is 0.182. The summed E-state index contributed by atoms with van der Waals surface area (Å²) in [6, 6.07) is 5.91. The maximum absolute atomic E-state index is 11.6. The second-order valence-corrected chi connectivity index (χ2v) is 4.96. The Morgan fingerprint density at radius 1 is 1.59 bits per heavy atom. The minimum Gasteiger partial charge on any atom is -0.272 e. The molecule has 0 aliphatic heterocycles. The first-order valence-corrected chi connectivity index (χ1v) is 6.96. The van der Waals surface area contributed by atoms with Gasteiger partial charge in [0.25, 0.3) is 11.6 Å². The average Bonchev–Trinajstić information content (AvgIpc) is 2.91. The van der Waals surface area contributed by atoms with Gasteiger partial charge in [-0.2, -0.15) is 5.10 Å². The van der Waals surface area contributed by atoms with E-state index in [1.807, 2.05) is 0 Å². The zero-order valence-electron chi connectivity index (χ0n) is 11.4. The summed E-state index contributed by atoms with van der Waals surface area (Å²) in [5.74, 6) is -0.241. The molecule has 0 aliphatic carbocycles. The van der Waals surface area contributed by atoms with Crippen LogP contribution in [0.2, 0.25) is 0 Å². The molecular weight excluding hydrogens is 310 g/mol. The number of hydrazone groups is 1. The highest BCUT2D eigenvalue weighted by Gasteiger charge is 2.07. The van der Waals surface area contributed by atoms with E-state index in [4.69, 9.17) is 0 Å². The van der Waals surface area contributed by atoms with Crippen molar-refractivity contribution >= 4 is 29.6 Å². The Kier molecular flexibility index (Phi) is 5.14. The highest BCUT2D eigenvalue weighted by Crippen LogP contribution is 2.12. The van der Waals surface area contributed by atoms with Crippen LogP contribution in [0, 0.1) is 10.1 Å². The Morgan fingerprint density at radius 2 is 2.41 bits per heavy atom. The van der Waals surface area contributed by atoms with E-state index in [1.54, 1.807) is 13.1 Å². The summed E-state index contributed by atoms with van der Waals surface area (Å²) < 4.78 is 1.45. The normalized spacial score (nSPS) is 10.8. The SMILES string of the molecule is Cn1nnnc1SCC(=O)N/N=C/c1cccc([N+](=O)[O-])c1. The third kappa shape index (κ3) is 4.34. The lowest BCUT2D eigenvalue weighted by Crippen LogP contribution is -2.19. The molecule has 1 aromatic carbocycles. The van der Waals surface area contributed by atoms with Gasteiger partial charge in [-0.15, -0.1) is 5.10 Å². The number of carbonyl (C=O) groups is 1. The van der Waals surface area contributed by atoms with Crippen molar-refractivity contribution in [1.29, 1.82) is 0 Å². The van der Waals surface area contributed by atoms with Gasteiger partial charge in [-0.3, -0.25) is 14.9 Å². The molecule has 2 aromatic rings. The van der Waals surface area contributed by atoms with E-state index in [9.17, 15) is 14.9 Å². The van der Waals surface area contributed by atoms with Gasteiger partial charge in [-0.05, 0) is 10.4 Å². The van der Waals surface area contributed by atoms with Crippen molar-refractivity contribution in [3.8, 4) is 0 Å². The Labute approximate surface area is 128 Å². The number of nitrogens with one attached hydrogen (secondary N) is 1. The van der Waals surface area contributed by atoms with Gasteiger partial charge in [0.2, 0.25) is 5.16 Å². The molecule has 22 heavy (non-hydrogen) atoms. The number of nitro benzene ring substituents is 1. The summed E-state index contributed by atoms with van der Waals surface area (Å²) in [4.78, 5) is 21.7. The number of thioether (sulfide) groups is 1. The van der Waals surface area contributed by atoms with Crippen LogP contribution in [0.15, 0.2) is 34.5 Å². The summed E-state index contributed by atoms with van der Waals surface area (Å²) in [5.41, 5.74) is 2.80. The van der Waals surface area contributed by atoms with Crippen molar-refractivity contribution in [2.75, 3.05) is 5.75 Å². The first-order valence-electron chi connectivity index (χ1n) is 5.98. The smallest absolute Gasteiger partial charge is 0.270 e. The lowest BCUT2D eigenvalue weighted by atomic mass is 10.2. The van der Waals surface area contributed by atoms with Crippen LogP contribution < -0.4 is 5.43 Å². The van der Waals surface area contributed by atoms with E-state index >= 15 is 0 Å². The molecule has 11 heteroatoms. The van der Waals surface area contributed by atoms with Gasteiger partial charge in [0.1, 0.15) is 0 Å². The van der Waals surface area contributed by atoms with Gasteiger partial charge in [-0.25, -0.2) is 10.1 Å². The first kappa shape index (κ1) is 15.6. The fourth-order valence-corrected chi connectivity index (χ4v) is 2.05. The number of rotatable bonds is 6. The molecule has 1 heterocycles. The number of nitro groups is 1. The molecule has 1 N–H and O–H groups in total. The fourth-order valence-electron chi connectivity index (χ4n) is 1.40. The number of non-ortho nitro benzene ring substituents is 1. The molecule has 0 bridgehead atoms. The topological polar surface area (TPSA) is 128 Å². The van der Waals surface area contributed by atoms with Gasteiger partial charge in [-0.1, -0.05) is 23.9 Å². The standard InChI is InChI=1S/C11H11N7O3S/c1-17-11(14-15-16-17)22-7-10(19)13-12-6-8-3-2-4-9(5-8)18(20)21/h2-6H,7H2,1H3,(H,13,19)/b12-6+. The highest BCUT2D eigenvalue weighted by atomic mass is 32.2. The third-order valence-corrected chi connectivity index (χ3v) is 3.41. The predicted octanol–water partition coefficient (Wildman–Crippen LogP) is 0.361. The quantitative estimate of drug-likeness (QED) is 0.352. The van der Waals surface area contributed by atoms with Crippen molar-refractivity contribution in [2.45, 2.75) is 5.16 Å². The van der Waals surface area contributed by atoms with Crippen molar-refractivity contribution < 1.29 is 9.72 Å². The second-order valence-electron chi connectivity index (χ2n) is 4.02. The summed E-state index contributed by atoms with van der Waals surface area (Å²) in [6.07, 6.45) is 1.33. The summed E-state index contributed by atoms with van der Waals surface area (Å²) >= 11 is 1.17. The lowest BCUT2D eigenvalue weighted by Gasteiger charge is -1.99. The first-order chi connectivity index (χ1) is 10.6. The van der Waals surface area contributed by atoms with E-state index in [0.29, 0.717) is 10.7 Å². The number of benzene rings is 1. The van der Waals surface area contributed by atoms with Crippen LogP contribution in [0.5, 0.6) is 0 Å². The van der Waals surface area contributed by atoms with Gasteiger partial charge >= 0.3 is 0 Å². The van der Waals surface area contributed by atoms with Gasteiger partial charge in [0, 0.05) is 24.7 Å². The third-order valence-electron chi connectivity index (χ3n) is 2.40. The minimum absolute atomic E-state index is 0.0411. The van der Waals surface area contributed by atoms with Crippen LogP contribution in [0.4, 0.5) is 5.69 Å². The van der Waals surface area contributed by atoms with Crippen LogP contribution in [0.1, 0.15) is 5.56 Å². The number of aryl methyl sites for hydroxylation is 1. The van der Waals surface area contributed by atoms with Crippen LogP contribution >= 0.6 is 11.8 Å². The molecule has 0 radical (unpaired) electrons. The maximum Gasteiger partial charge on any atom is 0.270 e. The largest absolute Gasteiger partial charge is 0.272 e. The average molecular weight is 321 g/mol. The van der Waals surface area contributed by atoms with Crippen LogP contribution in [0.25, 0.3) is 0 Å². The molecule has 0 atom stereocenters. The predicted molar refractivity (Wildman–Crippen MR) is 78.4 cm³/mol. The number of nitrogens with zero attached hydrogens (tertiary/aromatic N) is 6. The second kappa shape index (κ2) is 7.26. The Balaban J connectivity index is 1.84. The number of hydrogen-bond donors (Lipinski definition) is 1. The molecule has 0 saturated heterocycles. The number of hydrogen-bond acceptors (Lipinski definition) is 8. The Hall–Kier alpha value is -2.82. The summed E-state index contributed by atoms with van der Waals surface area (Å²) in [5, 5.41) is 25.7. The number of tetrazole rings is 1. The van der Waals surface area contributed by atoms with E-state index in [1.165, 1.54) is 40.9 Å². The molecule has 1 amide bonds. The van der Waals surface area contributed by atoms with Gasteiger partial charge in [0.05, 0.1) is 16.9 Å². The Bertz CT molecular complexity index is 715. The monoisotopic (exact) mass is 321 g/mol. The van der Waals surface area contributed by atoms with E-state index in [-0.39, 0.29) is 17.3 Å². The van der Waals surface area contributed by atoms with Crippen molar-refractivity contribution in [3.05, 3.63) is 39.9 Å². The zero-order valence-corrected chi connectivity index (χ0v) is 12.2. The molecular formula is C11H11N7O3S. The molecule has 0 spiro atoms. The lowest BCUT2D eigenvalue weighted by molar-refractivity contribution is -0.384. The molecule has 114 valence electrons. The zero-order chi connectivity index (χ0) is 15.9. The molecule has 0 aliphatic rings. The Morgan fingerprint density at radius 3 is 3.09 bits per heavy atom. The van der Waals surface area contributed by atoms with Crippen LogP contribution in [-0.4, -0.2) is 43.0 Å². The molecule has 1 aromatic heterocycles. The molecule has 0 saturated carbocycles. The van der Waals surface area contributed by atoms with Crippen molar-refractivity contribution in [1.82, 2.24) is 25.6 Å². The maximum atomic E-state index is 11.6. The van der Waals surface area contributed by atoms with E-state index < -0.39 is 4.92 Å². The molecule has 0 unspecified atom stereocenters. The van der Waals surface area contributed by atoms with Crippen molar-refractivity contribution in [3.63, 3.8) is 0 Å². The summed E-state index contributed by atoms with van der Waals surface area (Å²) in [6.45, 7) is 0.